The van der Waals surface area contributed by atoms with Gasteiger partial charge in [-0.1, -0.05) is 0 Å². The van der Waals surface area contributed by atoms with Crippen LogP contribution < -0.4 is 11.1 Å². The lowest BCUT2D eigenvalue weighted by atomic mass is 9.79. The van der Waals surface area contributed by atoms with Gasteiger partial charge < -0.3 is 20.5 Å². The molecule has 4 nitrogen and oxygen atoms in total. The normalized spacial score (nSPS) is 37.2. The predicted molar refractivity (Wildman–Crippen MR) is 68.0 cm³/mol. The van der Waals surface area contributed by atoms with Crippen LogP contribution in [0.2, 0.25) is 0 Å². The van der Waals surface area contributed by atoms with Crippen LogP contribution in [-0.4, -0.2) is 44.6 Å². The van der Waals surface area contributed by atoms with Crippen molar-refractivity contribution in [2.45, 2.75) is 44.8 Å². The first-order valence-corrected chi connectivity index (χ1v) is 6.75. The molecule has 2 aliphatic rings. The van der Waals surface area contributed by atoms with E-state index < -0.39 is 0 Å². The molecule has 2 saturated heterocycles. The smallest absolute Gasteiger partial charge is 0.0726 e. The molecule has 2 atom stereocenters. The van der Waals surface area contributed by atoms with E-state index >= 15 is 0 Å². The standard InChI is InChI=1S/C13H26N2O2/c1-11-12(2,3-8-17-11)15-10-13(9-14)4-6-16-7-5-13/h11,15H,3-10,14H2,1-2H3. The van der Waals surface area contributed by atoms with Gasteiger partial charge in [-0.05, 0) is 45.1 Å². The van der Waals surface area contributed by atoms with Crippen LogP contribution >= 0.6 is 0 Å². The molecule has 2 fully saturated rings. The van der Waals surface area contributed by atoms with Crippen LogP contribution in [0.25, 0.3) is 0 Å². The summed E-state index contributed by atoms with van der Waals surface area (Å²) in [5.41, 5.74) is 6.31. The third-order valence-electron chi connectivity index (χ3n) is 4.74. The van der Waals surface area contributed by atoms with Gasteiger partial charge in [0.15, 0.2) is 0 Å². The molecule has 0 saturated carbocycles. The molecule has 0 spiro atoms. The molecule has 100 valence electrons. The van der Waals surface area contributed by atoms with Crippen LogP contribution in [0.4, 0.5) is 0 Å². The fourth-order valence-corrected chi connectivity index (χ4v) is 2.71. The van der Waals surface area contributed by atoms with E-state index in [1.54, 1.807) is 0 Å². The zero-order valence-corrected chi connectivity index (χ0v) is 11.1. The topological polar surface area (TPSA) is 56.5 Å². The van der Waals surface area contributed by atoms with Gasteiger partial charge >= 0.3 is 0 Å². The molecular formula is C13H26N2O2. The third kappa shape index (κ3) is 2.81. The van der Waals surface area contributed by atoms with Crippen LogP contribution in [0.15, 0.2) is 0 Å². The number of hydrogen-bond acceptors (Lipinski definition) is 4. The number of nitrogens with one attached hydrogen (secondary N) is 1. The molecule has 0 radical (unpaired) electrons. The van der Waals surface area contributed by atoms with Gasteiger partial charge in [-0.15, -0.1) is 0 Å². The summed E-state index contributed by atoms with van der Waals surface area (Å²) in [6.07, 6.45) is 3.52. The maximum Gasteiger partial charge on any atom is 0.0726 e. The van der Waals surface area contributed by atoms with Crippen molar-refractivity contribution >= 4 is 0 Å². The molecule has 2 aliphatic heterocycles. The average Bonchev–Trinajstić information content (AvgIpc) is 2.69. The zero-order valence-electron chi connectivity index (χ0n) is 11.1. The third-order valence-corrected chi connectivity index (χ3v) is 4.74. The van der Waals surface area contributed by atoms with Crippen molar-refractivity contribution in [3.05, 3.63) is 0 Å². The predicted octanol–water partition coefficient (Wildman–Crippen LogP) is 0.899. The molecule has 2 heterocycles. The quantitative estimate of drug-likeness (QED) is 0.769. The monoisotopic (exact) mass is 242 g/mol. The summed E-state index contributed by atoms with van der Waals surface area (Å²) in [7, 11) is 0. The summed E-state index contributed by atoms with van der Waals surface area (Å²) >= 11 is 0. The van der Waals surface area contributed by atoms with Gasteiger partial charge in [-0.25, -0.2) is 0 Å². The van der Waals surface area contributed by atoms with Crippen molar-refractivity contribution in [1.29, 1.82) is 0 Å². The van der Waals surface area contributed by atoms with E-state index in [0.717, 1.165) is 52.2 Å². The van der Waals surface area contributed by atoms with Crippen molar-refractivity contribution in [1.82, 2.24) is 5.32 Å². The van der Waals surface area contributed by atoms with Crippen LogP contribution in [-0.2, 0) is 9.47 Å². The van der Waals surface area contributed by atoms with Gasteiger partial charge in [-0.3, -0.25) is 0 Å². The summed E-state index contributed by atoms with van der Waals surface area (Å²) in [5, 5.41) is 3.71. The van der Waals surface area contributed by atoms with E-state index in [2.05, 4.69) is 19.2 Å². The fraction of sp³-hybridized carbons (Fsp3) is 1.00. The lowest BCUT2D eigenvalue weighted by Crippen LogP contribution is -2.54. The number of rotatable bonds is 4. The summed E-state index contributed by atoms with van der Waals surface area (Å²) in [4.78, 5) is 0. The summed E-state index contributed by atoms with van der Waals surface area (Å²) in [6.45, 7) is 8.70. The number of hydrogen-bond donors (Lipinski definition) is 2. The Labute approximate surface area is 104 Å². The Bertz CT molecular complexity index is 254. The second kappa shape index (κ2) is 5.22. The summed E-state index contributed by atoms with van der Waals surface area (Å²) in [5.74, 6) is 0. The summed E-state index contributed by atoms with van der Waals surface area (Å²) < 4.78 is 11.1. The van der Waals surface area contributed by atoms with E-state index in [-0.39, 0.29) is 17.1 Å². The zero-order chi connectivity index (χ0) is 12.4. The van der Waals surface area contributed by atoms with Gasteiger partial charge in [-0.2, -0.15) is 0 Å². The van der Waals surface area contributed by atoms with Crippen LogP contribution in [0, 0.1) is 5.41 Å². The molecule has 0 aliphatic carbocycles. The van der Waals surface area contributed by atoms with E-state index in [1.807, 2.05) is 0 Å². The van der Waals surface area contributed by atoms with Crippen molar-refractivity contribution in [3.63, 3.8) is 0 Å². The number of ether oxygens (including phenoxy) is 2. The maximum absolute atomic E-state index is 5.97. The van der Waals surface area contributed by atoms with Gasteiger partial charge in [0.05, 0.1) is 6.10 Å². The first-order chi connectivity index (χ1) is 8.10. The second-order valence-electron chi connectivity index (χ2n) is 5.85. The highest BCUT2D eigenvalue weighted by Crippen LogP contribution is 2.31. The molecule has 4 heteroatoms. The van der Waals surface area contributed by atoms with Crippen LogP contribution in [0.1, 0.15) is 33.1 Å². The van der Waals surface area contributed by atoms with E-state index in [0.29, 0.717) is 0 Å². The van der Waals surface area contributed by atoms with Crippen molar-refractivity contribution in [2.24, 2.45) is 11.1 Å². The molecule has 0 aromatic heterocycles. The van der Waals surface area contributed by atoms with Crippen LogP contribution in [0.5, 0.6) is 0 Å². The Hall–Kier alpha value is -0.160. The van der Waals surface area contributed by atoms with E-state index in [1.165, 1.54) is 0 Å². The van der Waals surface area contributed by atoms with Gasteiger partial charge in [0, 0.05) is 31.9 Å². The Morgan fingerprint density at radius 2 is 1.94 bits per heavy atom. The molecule has 0 aromatic carbocycles. The van der Waals surface area contributed by atoms with Crippen LogP contribution in [0.3, 0.4) is 0 Å². The average molecular weight is 242 g/mol. The molecule has 0 amide bonds. The molecule has 3 N–H and O–H groups in total. The highest BCUT2D eigenvalue weighted by Gasteiger charge is 2.39. The lowest BCUT2D eigenvalue weighted by molar-refractivity contribution is 0.0118. The molecule has 2 unspecified atom stereocenters. The Morgan fingerprint density at radius 1 is 1.24 bits per heavy atom. The summed E-state index contributed by atoms with van der Waals surface area (Å²) in [6, 6.07) is 0. The molecule has 0 aromatic rings. The lowest BCUT2D eigenvalue weighted by Gasteiger charge is -2.40. The Balaban J connectivity index is 1.91. The van der Waals surface area contributed by atoms with Crippen molar-refractivity contribution < 1.29 is 9.47 Å². The number of nitrogens with two attached hydrogens (primary N) is 1. The Kier molecular flexibility index (Phi) is 4.08. The van der Waals surface area contributed by atoms with Gasteiger partial charge in [0.1, 0.15) is 0 Å². The minimum Gasteiger partial charge on any atom is -0.381 e. The van der Waals surface area contributed by atoms with E-state index in [9.17, 15) is 0 Å². The molecule has 17 heavy (non-hydrogen) atoms. The Morgan fingerprint density at radius 3 is 2.47 bits per heavy atom. The SMILES string of the molecule is CC1OCCC1(C)NCC1(CN)CCOCC1. The molecule has 2 rings (SSSR count). The van der Waals surface area contributed by atoms with E-state index in [4.69, 9.17) is 15.2 Å². The largest absolute Gasteiger partial charge is 0.381 e. The first kappa shape index (κ1) is 13.3. The van der Waals surface area contributed by atoms with Crippen molar-refractivity contribution in [3.8, 4) is 0 Å². The molecular weight excluding hydrogens is 216 g/mol. The fourth-order valence-electron chi connectivity index (χ4n) is 2.71. The van der Waals surface area contributed by atoms with Gasteiger partial charge in [0.2, 0.25) is 0 Å². The molecule has 0 bridgehead atoms. The maximum atomic E-state index is 5.97. The first-order valence-electron chi connectivity index (χ1n) is 6.75. The van der Waals surface area contributed by atoms with Crippen molar-refractivity contribution in [2.75, 3.05) is 32.9 Å². The van der Waals surface area contributed by atoms with Gasteiger partial charge in [0.25, 0.3) is 0 Å². The highest BCUT2D eigenvalue weighted by molar-refractivity contribution is 4.96. The minimum absolute atomic E-state index is 0.112. The highest BCUT2D eigenvalue weighted by atomic mass is 16.5. The second-order valence-corrected chi connectivity index (χ2v) is 5.85. The minimum atomic E-state index is 0.112.